The van der Waals surface area contributed by atoms with E-state index in [1.807, 2.05) is 0 Å². The first-order valence-electron chi connectivity index (χ1n) is 5.63. The number of hydrogen-bond donors (Lipinski definition) is 1. The lowest BCUT2D eigenvalue weighted by Gasteiger charge is -2.15. The molecule has 2 rings (SSSR count). The fourth-order valence-electron chi connectivity index (χ4n) is 1.99. The summed E-state index contributed by atoms with van der Waals surface area (Å²) >= 11 is 8.99. The van der Waals surface area contributed by atoms with Gasteiger partial charge in [-0.05, 0) is 28.9 Å². The fourth-order valence-corrected chi connectivity index (χ4v) is 2.51. The van der Waals surface area contributed by atoms with Gasteiger partial charge in [0.15, 0.2) is 0 Å². The van der Waals surface area contributed by atoms with Crippen molar-refractivity contribution in [2.45, 2.75) is 18.8 Å². The van der Waals surface area contributed by atoms with E-state index in [0.29, 0.717) is 21.3 Å². The maximum absolute atomic E-state index is 13.5. The summed E-state index contributed by atoms with van der Waals surface area (Å²) in [6.07, 6.45) is 0. The Kier molecular flexibility index (Phi) is 4.10. The van der Waals surface area contributed by atoms with Gasteiger partial charge in [-0.25, -0.2) is 9.37 Å². The van der Waals surface area contributed by atoms with Crippen molar-refractivity contribution in [2.75, 3.05) is 7.05 Å². The maximum Gasteiger partial charge on any atom is 0.242 e. The van der Waals surface area contributed by atoms with Crippen molar-refractivity contribution in [3.8, 4) is 0 Å². The molecule has 0 aliphatic carbocycles. The number of nitrogens with one attached hydrogen (secondary N) is 1. The molecule has 0 saturated carbocycles. The molecule has 1 heterocycles. The number of imidazole rings is 1. The summed E-state index contributed by atoms with van der Waals surface area (Å²) in [4.78, 5) is 16.0. The maximum atomic E-state index is 13.5. The number of nitrogens with zero attached hydrogens (tertiary/aromatic N) is 2. The van der Waals surface area contributed by atoms with Crippen LogP contribution in [-0.2, 0) is 10.7 Å². The molecule has 0 saturated heterocycles. The average molecular weight is 349 g/mol. The molecule has 0 fully saturated rings. The van der Waals surface area contributed by atoms with Crippen molar-refractivity contribution in [1.82, 2.24) is 14.9 Å². The molecule has 102 valence electrons. The summed E-state index contributed by atoms with van der Waals surface area (Å²) in [5, 5.41) is 2.58. The second-order valence-corrected chi connectivity index (χ2v) is 5.20. The highest BCUT2D eigenvalue weighted by atomic mass is 79.9. The van der Waals surface area contributed by atoms with Crippen LogP contribution < -0.4 is 5.32 Å². The summed E-state index contributed by atoms with van der Waals surface area (Å²) in [5.41, 5.74) is 1.15. The van der Waals surface area contributed by atoms with Gasteiger partial charge in [-0.1, -0.05) is 0 Å². The Hall–Kier alpha value is -1.14. The number of alkyl halides is 1. The number of carbonyl (C=O) groups is 1. The predicted octanol–water partition coefficient (Wildman–Crippen LogP) is 2.98. The zero-order valence-electron chi connectivity index (χ0n) is 10.4. The number of amides is 1. The summed E-state index contributed by atoms with van der Waals surface area (Å²) in [6, 6.07) is 2.46. The molecular weight excluding hydrogens is 337 g/mol. The molecule has 0 spiro atoms. The zero-order chi connectivity index (χ0) is 14.2. The van der Waals surface area contributed by atoms with Crippen molar-refractivity contribution in [3.05, 3.63) is 28.2 Å². The lowest BCUT2D eigenvalue weighted by molar-refractivity contribution is -0.123. The van der Waals surface area contributed by atoms with E-state index in [-0.39, 0.29) is 11.8 Å². The minimum Gasteiger partial charge on any atom is -0.357 e. The molecule has 1 atom stereocenters. The van der Waals surface area contributed by atoms with Crippen LogP contribution in [0.4, 0.5) is 4.39 Å². The number of halogens is 3. The van der Waals surface area contributed by atoms with Gasteiger partial charge in [0.2, 0.25) is 5.91 Å². The molecule has 1 amide bonds. The Morgan fingerprint density at radius 2 is 2.32 bits per heavy atom. The predicted molar refractivity (Wildman–Crippen MR) is 75.7 cm³/mol. The molecule has 19 heavy (non-hydrogen) atoms. The lowest BCUT2D eigenvalue weighted by Crippen LogP contribution is -2.28. The first-order chi connectivity index (χ1) is 8.99. The van der Waals surface area contributed by atoms with E-state index in [1.165, 1.54) is 6.07 Å². The molecular formula is C12H12BrClFN3O. The number of rotatable bonds is 3. The Labute approximate surface area is 123 Å². The third-order valence-electron chi connectivity index (χ3n) is 2.94. The Balaban J connectivity index is 2.70. The van der Waals surface area contributed by atoms with Crippen LogP contribution in [0.2, 0.25) is 0 Å². The number of hydrogen-bond acceptors (Lipinski definition) is 2. The van der Waals surface area contributed by atoms with Crippen LogP contribution in [0.15, 0.2) is 16.6 Å². The quantitative estimate of drug-likeness (QED) is 0.867. The van der Waals surface area contributed by atoms with Gasteiger partial charge in [-0.2, -0.15) is 0 Å². The van der Waals surface area contributed by atoms with Crippen molar-refractivity contribution in [2.24, 2.45) is 0 Å². The first kappa shape index (κ1) is 14.3. The number of likely N-dealkylation sites (N-methyl/N-ethyl adjacent to an activating group) is 1. The van der Waals surface area contributed by atoms with Crippen molar-refractivity contribution < 1.29 is 9.18 Å². The van der Waals surface area contributed by atoms with E-state index in [1.54, 1.807) is 24.6 Å². The standard InChI is InChI=1S/C12H12BrClFN3O/c1-6(12(19)16-2)18-10-3-7(13)8(15)4-9(10)17-11(18)5-14/h3-4,6H,5H2,1-2H3,(H,16,19). The van der Waals surface area contributed by atoms with E-state index in [2.05, 4.69) is 26.2 Å². The zero-order valence-corrected chi connectivity index (χ0v) is 12.7. The topological polar surface area (TPSA) is 46.9 Å². The van der Waals surface area contributed by atoms with Gasteiger partial charge in [0.25, 0.3) is 0 Å². The Morgan fingerprint density at radius 1 is 1.63 bits per heavy atom. The normalized spacial score (nSPS) is 12.7. The third kappa shape index (κ3) is 2.47. The van der Waals surface area contributed by atoms with Crippen LogP contribution >= 0.6 is 27.5 Å². The molecule has 1 N–H and O–H groups in total. The number of fused-ring (bicyclic) bond motifs is 1. The van der Waals surface area contributed by atoms with Gasteiger partial charge in [0.1, 0.15) is 17.7 Å². The fraction of sp³-hybridized carbons (Fsp3) is 0.333. The van der Waals surface area contributed by atoms with E-state index in [4.69, 9.17) is 11.6 Å². The molecule has 0 aliphatic heterocycles. The second kappa shape index (κ2) is 5.46. The highest BCUT2D eigenvalue weighted by Gasteiger charge is 2.21. The molecule has 7 heteroatoms. The van der Waals surface area contributed by atoms with Crippen LogP contribution in [0.3, 0.4) is 0 Å². The van der Waals surface area contributed by atoms with Gasteiger partial charge in [0, 0.05) is 13.1 Å². The van der Waals surface area contributed by atoms with Crippen molar-refractivity contribution >= 4 is 44.5 Å². The van der Waals surface area contributed by atoms with Crippen LogP contribution in [0.25, 0.3) is 11.0 Å². The molecule has 0 radical (unpaired) electrons. The molecule has 1 unspecified atom stereocenters. The van der Waals surface area contributed by atoms with E-state index in [0.717, 1.165) is 0 Å². The van der Waals surface area contributed by atoms with Gasteiger partial charge < -0.3 is 9.88 Å². The van der Waals surface area contributed by atoms with E-state index >= 15 is 0 Å². The molecule has 1 aromatic heterocycles. The van der Waals surface area contributed by atoms with Gasteiger partial charge in [-0.15, -0.1) is 11.6 Å². The smallest absolute Gasteiger partial charge is 0.242 e. The number of benzene rings is 1. The highest BCUT2D eigenvalue weighted by Crippen LogP contribution is 2.27. The summed E-state index contributed by atoms with van der Waals surface area (Å²) in [5.74, 6) is 0.122. The van der Waals surface area contributed by atoms with E-state index in [9.17, 15) is 9.18 Å². The SMILES string of the molecule is CNC(=O)C(C)n1c(CCl)nc2cc(F)c(Br)cc21. The minimum atomic E-state index is -0.471. The summed E-state index contributed by atoms with van der Waals surface area (Å²) < 4.78 is 15.6. The number of aromatic nitrogens is 2. The largest absolute Gasteiger partial charge is 0.357 e. The van der Waals surface area contributed by atoms with Crippen LogP contribution in [0.5, 0.6) is 0 Å². The van der Waals surface area contributed by atoms with Crippen LogP contribution in [0.1, 0.15) is 18.8 Å². The third-order valence-corrected chi connectivity index (χ3v) is 3.78. The molecule has 4 nitrogen and oxygen atoms in total. The summed E-state index contributed by atoms with van der Waals surface area (Å²) in [6.45, 7) is 1.74. The van der Waals surface area contributed by atoms with Gasteiger partial charge in [0.05, 0.1) is 21.4 Å². The second-order valence-electron chi connectivity index (χ2n) is 4.08. The molecule has 0 bridgehead atoms. The van der Waals surface area contributed by atoms with Gasteiger partial charge in [-0.3, -0.25) is 4.79 Å². The molecule has 1 aromatic carbocycles. The highest BCUT2D eigenvalue weighted by molar-refractivity contribution is 9.10. The average Bonchev–Trinajstić information content (AvgIpc) is 2.75. The first-order valence-corrected chi connectivity index (χ1v) is 6.95. The monoisotopic (exact) mass is 347 g/mol. The number of carbonyl (C=O) groups excluding carboxylic acids is 1. The lowest BCUT2D eigenvalue weighted by atomic mass is 10.2. The van der Waals surface area contributed by atoms with Gasteiger partial charge >= 0.3 is 0 Å². The van der Waals surface area contributed by atoms with Crippen LogP contribution in [0, 0.1) is 5.82 Å². The minimum absolute atomic E-state index is 0.148. The summed E-state index contributed by atoms with van der Waals surface area (Å²) in [7, 11) is 1.56. The molecule has 0 aliphatic rings. The van der Waals surface area contributed by atoms with Crippen molar-refractivity contribution in [3.63, 3.8) is 0 Å². The Bertz CT molecular complexity index is 643. The Morgan fingerprint density at radius 3 is 2.89 bits per heavy atom. The van der Waals surface area contributed by atoms with E-state index < -0.39 is 11.9 Å². The van der Waals surface area contributed by atoms with Crippen molar-refractivity contribution in [1.29, 1.82) is 0 Å². The molecule has 2 aromatic rings. The van der Waals surface area contributed by atoms with Crippen LogP contribution in [-0.4, -0.2) is 22.5 Å².